The zero-order valence-corrected chi connectivity index (χ0v) is 29.5. The van der Waals surface area contributed by atoms with Gasteiger partial charge in [-0.15, -0.1) is 0 Å². The van der Waals surface area contributed by atoms with Crippen LogP contribution in [0.3, 0.4) is 0 Å². The number of methoxy groups -OCH3 is 2. The molecule has 260 valence electrons. The lowest BCUT2D eigenvalue weighted by Crippen LogP contribution is -2.54. The molecule has 0 saturated carbocycles. The van der Waals surface area contributed by atoms with Crippen LogP contribution in [0.4, 0.5) is 5.69 Å². The highest BCUT2D eigenvalue weighted by Gasteiger charge is 2.35. The van der Waals surface area contributed by atoms with E-state index in [-0.39, 0.29) is 41.2 Å². The molecule has 4 aromatic rings. The van der Waals surface area contributed by atoms with E-state index in [4.69, 9.17) is 14.2 Å². The maximum atomic E-state index is 14.7. The van der Waals surface area contributed by atoms with Gasteiger partial charge in [0.05, 0.1) is 31.4 Å². The van der Waals surface area contributed by atoms with Crippen LogP contribution >= 0.6 is 0 Å². The molecule has 0 aliphatic carbocycles. The Morgan fingerprint density at radius 1 is 0.796 bits per heavy atom. The predicted molar refractivity (Wildman–Crippen MR) is 191 cm³/mol. The molecule has 0 aliphatic rings. The summed E-state index contributed by atoms with van der Waals surface area (Å²) in [5, 5.41) is 3.05. The third-order valence-corrected chi connectivity index (χ3v) is 9.90. The van der Waals surface area contributed by atoms with Gasteiger partial charge in [0.25, 0.3) is 10.0 Å². The molecule has 0 saturated heterocycles. The zero-order chi connectivity index (χ0) is 35.4. The molecular weight excluding hydrogens is 642 g/mol. The van der Waals surface area contributed by atoms with E-state index in [2.05, 4.69) is 5.32 Å². The number of hydrogen-bond acceptors (Lipinski definition) is 7. The van der Waals surface area contributed by atoms with Crippen LogP contribution in [0.2, 0.25) is 0 Å². The number of nitrogens with zero attached hydrogens (tertiary/aromatic N) is 2. The smallest absolute Gasteiger partial charge is 0.264 e. The molecule has 49 heavy (non-hydrogen) atoms. The van der Waals surface area contributed by atoms with Gasteiger partial charge in [-0.05, 0) is 67.8 Å². The van der Waals surface area contributed by atoms with Crippen LogP contribution in [0, 0.1) is 0 Å². The topological polar surface area (TPSA) is 114 Å². The second-order valence-electron chi connectivity index (χ2n) is 11.5. The fourth-order valence-corrected chi connectivity index (χ4v) is 6.71. The minimum absolute atomic E-state index is 0.0820. The number of amides is 2. The van der Waals surface area contributed by atoms with Crippen LogP contribution < -0.4 is 23.8 Å². The van der Waals surface area contributed by atoms with Gasteiger partial charge >= 0.3 is 0 Å². The minimum atomic E-state index is -4.36. The van der Waals surface area contributed by atoms with Gasteiger partial charge in [-0.25, -0.2) is 8.42 Å². The van der Waals surface area contributed by atoms with Crippen LogP contribution in [-0.2, 0) is 32.6 Å². The Morgan fingerprint density at radius 3 is 1.98 bits per heavy atom. The van der Waals surface area contributed by atoms with Crippen LogP contribution in [0.5, 0.6) is 17.2 Å². The van der Waals surface area contributed by atoms with Crippen LogP contribution in [0.25, 0.3) is 0 Å². The largest absolute Gasteiger partial charge is 0.494 e. The number of hydrogen-bond donors (Lipinski definition) is 1. The maximum Gasteiger partial charge on any atom is 0.264 e. The molecule has 0 bridgehead atoms. The van der Waals surface area contributed by atoms with Gasteiger partial charge in [-0.3, -0.25) is 13.9 Å². The van der Waals surface area contributed by atoms with Gasteiger partial charge in [-0.1, -0.05) is 67.6 Å². The van der Waals surface area contributed by atoms with Crippen molar-refractivity contribution >= 4 is 27.5 Å². The SMILES string of the molecule is CCOc1ccc(N(CC(=O)N(Cc2ccccc2)[C@H](Cc2ccccc2)C(=O)N[C@H](C)CC)S(=O)(=O)c2ccc(OC)c(OC)c2)cc1. The molecule has 2 amide bonds. The van der Waals surface area contributed by atoms with E-state index in [1.165, 1.54) is 37.3 Å². The van der Waals surface area contributed by atoms with Crippen molar-refractivity contribution in [2.45, 2.75) is 57.1 Å². The number of nitrogens with one attached hydrogen (secondary N) is 1. The van der Waals surface area contributed by atoms with E-state index in [1.54, 1.807) is 24.3 Å². The number of sulfonamides is 1. The van der Waals surface area contributed by atoms with Crippen LogP contribution in [0.15, 0.2) is 108 Å². The number of carbonyl (C=O) groups is 2. The molecule has 1 N–H and O–H groups in total. The molecule has 10 nitrogen and oxygen atoms in total. The molecule has 2 atom stereocenters. The molecular formula is C38H45N3O7S. The van der Waals surface area contributed by atoms with E-state index < -0.39 is 28.5 Å². The van der Waals surface area contributed by atoms with Crippen LogP contribution in [0.1, 0.15) is 38.3 Å². The third-order valence-electron chi connectivity index (χ3n) is 8.13. The molecule has 0 aliphatic heterocycles. The summed E-state index contributed by atoms with van der Waals surface area (Å²) in [7, 11) is -1.48. The summed E-state index contributed by atoms with van der Waals surface area (Å²) in [5.41, 5.74) is 1.90. The average molecular weight is 688 g/mol. The molecule has 0 heterocycles. The first-order valence-electron chi connectivity index (χ1n) is 16.3. The third kappa shape index (κ3) is 9.54. The molecule has 0 aromatic heterocycles. The molecule has 11 heteroatoms. The number of ether oxygens (including phenoxy) is 3. The first kappa shape index (κ1) is 36.8. The fourth-order valence-electron chi connectivity index (χ4n) is 5.28. The molecule has 0 radical (unpaired) electrons. The molecule has 0 fully saturated rings. The van der Waals surface area contributed by atoms with Gasteiger partial charge in [0, 0.05) is 25.1 Å². The van der Waals surface area contributed by atoms with Gasteiger partial charge in [-0.2, -0.15) is 0 Å². The quantitative estimate of drug-likeness (QED) is 0.148. The van der Waals surface area contributed by atoms with E-state index in [0.29, 0.717) is 24.5 Å². The summed E-state index contributed by atoms with van der Waals surface area (Å²) in [6, 6.07) is 28.5. The van der Waals surface area contributed by atoms with Crippen molar-refractivity contribution in [1.29, 1.82) is 0 Å². The highest BCUT2D eigenvalue weighted by Crippen LogP contribution is 2.33. The Morgan fingerprint density at radius 2 is 1.41 bits per heavy atom. The Hall–Kier alpha value is -5.03. The summed E-state index contributed by atoms with van der Waals surface area (Å²) in [5.74, 6) is 0.253. The van der Waals surface area contributed by atoms with E-state index in [1.807, 2.05) is 81.4 Å². The fraction of sp³-hybridized carbons (Fsp3) is 0.316. The molecule has 0 spiro atoms. The number of carbonyl (C=O) groups excluding carboxylic acids is 2. The van der Waals surface area contributed by atoms with Crippen molar-refractivity contribution in [3.8, 4) is 17.2 Å². The summed E-state index contributed by atoms with van der Waals surface area (Å²) < 4.78 is 46.3. The van der Waals surface area contributed by atoms with Gasteiger partial charge < -0.3 is 24.4 Å². The second kappa shape index (κ2) is 17.4. The van der Waals surface area contributed by atoms with Gasteiger partial charge in [0.2, 0.25) is 11.8 Å². The van der Waals surface area contributed by atoms with Crippen molar-refractivity contribution in [2.75, 3.05) is 31.7 Å². The molecule has 4 rings (SSSR count). The minimum Gasteiger partial charge on any atom is -0.494 e. The maximum absolute atomic E-state index is 14.7. The monoisotopic (exact) mass is 687 g/mol. The highest BCUT2D eigenvalue weighted by molar-refractivity contribution is 7.92. The average Bonchev–Trinajstić information content (AvgIpc) is 3.12. The number of anilines is 1. The Balaban J connectivity index is 1.82. The van der Waals surface area contributed by atoms with E-state index in [9.17, 15) is 18.0 Å². The predicted octanol–water partition coefficient (Wildman–Crippen LogP) is 5.85. The van der Waals surface area contributed by atoms with Crippen molar-refractivity contribution in [1.82, 2.24) is 10.2 Å². The van der Waals surface area contributed by atoms with Crippen molar-refractivity contribution in [3.05, 3.63) is 114 Å². The Kier molecular flexibility index (Phi) is 13.1. The van der Waals surface area contributed by atoms with Crippen LogP contribution in [-0.4, -0.2) is 64.6 Å². The van der Waals surface area contributed by atoms with Gasteiger partial charge in [0.15, 0.2) is 11.5 Å². The summed E-state index contributed by atoms with van der Waals surface area (Å²) in [6.45, 7) is 5.66. The number of rotatable bonds is 17. The lowest BCUT2D eigenvalue weighted by Gasteiger charge is -2.34. The molecule has 4 aromatic carbocycles. The first-order chi connectivity index (χ1) is 23.6. The lowest BCUT2D eigenvalue weighted by molar-refractivity contribution is -0.140. The summed E-state index contributed by atoms with van der Waals surface area (Å²) >= 11 is 0. The highest BCUT2D eigenvalue weighted by atomic mass is 32.2. The zero-order valence-electron chi connectivity index (χ0n) is 28.7. The van der Waals surface area contributed by atoms with E-state index in [0.717, 1.165) is 15.4 Å². The standard InChI is InChI=1S/C38H45N3O7S/c1-6-28(3)39-38(43)34(24-29-14-10-8-11-15-29)40(26-30-16-12-9-13-17-30)37(42)27-41(31-18-20-32(21-19-31)48-7-2)49(44,45)33-22-23-35(46-4)36(25-33)47-5/h8-23,25,28,34H,6-7,24,26-27H2,1-5H3,(H,39,43)/t28-,34-/m1/s1. The van der Waals surface area contributed by atoms with Gasteiger partial charge in [0.1, 0.15) is 18.3 Å². The Bertz CT molecular complexity index is 1770. The summed E-state index contributed by atoms with van der Waals surface area (Å²) in [4.78, 5) is 30.0. The first-order valence-corrected chi connectivity index (χ1v) is 17.7. The van der Waals surface area contributed by atoms with Crippen molar-refractivity contribution in [3.63, 3.8) is 0 Å². The summed E-state index contributed by atoms with van der Waals surface area (Å²) in [6.07, 6.45) is 0.929. The number of benzene rings is 4. The molecule has 0 unspecified atom stereocenters. The Labute approximate surface area is 289 Å². The normalized spacial score (nSPS) is 12.3. The second-order valence-corrected chi connectivity index (χ2v) is 13.3. The van der Waals surface area contributed by atoms with Crippen molar-refractivity contribution < 1.29 is 32.2 Å². The van der Waals surface area contributed by atoms with E-state index >= 15 is 0 Å². The van der Waals surface area contributed by atoms with Crippen molar-refractivity contribution in [2.24, 2.45) is 0 Å². The lowest BCUT2D eigenvalue weighted by atomic mass is 10.0.